The Balaban J connectivity index is 2.27. The highest BCUT2D eigenvalue weighted by atomic mass is 16.5. The van der Waals surface area contributed by atoms with Crippen molar-refractivity contribution in [1.29, 1.82) is 0 Å². The summed E-state index contributed by atoms with van der Waals surface area (Å²) in [5.74, 6) is 3.48. The van der Waals surface area contributed by atoms with Crippen molar-refractivity contribution in [1.82, 2.24) is 9.97 Å². The number of hydrogen-bond acceptors (Lipinski definition) is 5. The molecule has 20 heavy (non-hydrogen) atoms. The molecule has 5 heteroatoms. The molecule has 0 radical (unpaired) electrons. The van der Waals surface area contributed by atoms with E-state index in [-0.39, 0.29) is 0 Å². The molecule has 1 aliphatic rings. The predicted octanol–water partition coefficient (Wildman–Crippen LogP) is 2.65. The maximum absolute atomic E-state index is 5.27. The third kappa shape index (κ3) is 3.60. The van der Waals surface area contributed by atoms with E-state index >= 15 is 0 Å². The van der Waals surface area contributed by atoms with Crippen molar-refractivity contribution in [2.45, 2.75) is 45.6 Å². The minimum Gasteiger partial charge on any atom is -0.383 e. The first-order chi connectivity index (χ1) is 9.69. The number of nitrogens with one attached hydrogen (secondary N) is 1. The van der Waals surface area contributed by atoms with Gasteiger partial charge in [-0.1, -0.05) is 0 Å². The van der Waals surface area contributed by atoms with E-state index < -0.39 is 0 Å². The second kappa shape index (κ2) is 6.88. The van der Waals surface area contributed by atoms with Gasteiger partial charge in [0.05, 0.1) is 12.6 Å². The second-order valence-electron chi connectivity index (χ2n) is 5.36. The van der Waals surface area contributed by atoms with Crippen LogP contribution in [0.4, 0.5) is 11.6 Å². The van der Waals surface area contributed by atoms with E-state index in [0.717, 1.165) is 30.5 Å². The molecule has 2 rings (SSSR count). The number of methoxy groups -OCH3 is 1. The van der Waals surface area contributed by atoms with Crippen LogP contribution in [0.15, 0.2) is 6.07 Å². The standard InChI is InChI=1S/C15H26N4O/c1-5-16-13-9-14(18-15(17-13)12-7-8-12)19(6-2)11(3)10-20-4/h9,11-12H,5-8,10H2,1-4H3,(H,16,17,18). The monoisotopic (exact) mass is 278 g/mol. The zero-order chi connectivity index (χ0) is 14.5. The molecule has 1 fully saturated rings. The van der Waals surface area contributed by atoms with Crippen LogP contribution < -0.4 is 10.2 Å². The van der Waals surface area contributed by atoms with Gasteiger partial charge in [-0.15, -0.1) is 0 Å². The summed E-state index contributed by atoms with van der Waals surface area (Å²) < 4.78 is 5.27. The molecule has 1 aromatic rings. The first-order valence-corrected chi connectivity index (χ1v) is 7.58. The Morgan fingerprint density at radius 2 is 2.15 bits per heavy atom. The number of rotatable bonds is 8. The molecule has 0 aromatic carbocycles. The average Bonchev–Trinajstić information content (AvgIpc) is 3.24. The second-order valence-corrected chi connectivity index (χ2v) is 5.36. The number of aromatic nitrogens is 2. The summed E-state index contributed by atoms with van der Waals surface area (Å²) in [6.45, 7) is 8.89. The van der Waals surface area contributed by atoms with Gasteiger partial charge in [-0.25, -0.2) is 9.97 Å². The molecule has 5 nitrogen and oxygen atoms in total. The highest BCUT2D eigenvalue weighted by Crippen LogP contribution is 2.39. The third-order valence-corrected chi connectivity index (χ3v) is 3.61. The molecule has 1 saturated carbocycles. The van der Waals surface area contributed by atoms with Gasteiger partial charge in [0, 0.05) is 32.2 Å². The topological polar surface area (TPSA) is 50.3 Å². The van der Waals surface area contributed by atoms with Gasteiger partial charge in [0.1, 0.15) is 17.5 Å². The van der Waals surface area contributed by atoms with E-state index in [2.05, 4.69) is 36.0 Å². The summed E-state index contributed by atoms with van der Waals surface area (Å²) in [4.78, 5) is 11.7. The quantitative estimate of drug-likeness (QED) is 0.792. The van der Waals surface area contributed by atoms with E-state index in [0.29, 0.717) is 18.6 Å². The van der Waals surface area contributed by atoms with Crippen molar-refractivity contribution in [3.05, 3.63) is 11.9 Å². The molecule has 0 spiro atoms. The van der Waals surface area contributed by atoms with Crippen LogP contribution >= 0.6 is 0 Å². The lowest BCUT2D eigenvalue weighted by molar-refractivity contribution is 0.181. The van der Waals surface area contributed by atoms with Crippen molar-refractivity contribution in [2.75, 3.05) is 37.0 Å². The third-order valence-electron chi connectivity index (χ3n) is 3.61. The highest BCUT2D eigenvalue weighted by molar-refractivity contribution is 5.50. The number of hydrogen-bond donors (Lipinski definition) is 1. The molecule has 1 unspecified atom stereocenters. The average molecular weight is 278 g/mol. The van der Waals surface area contributed by atoms with Gasteiger partial charge in [-0.05, 0) is 33.6 Å². The van der Waals surface area contributed by atoms with Gasteiger partial charge in [-0.2, -0.15) is 0 Å². The van der Waals surface area contributed by atoms with Gasteiger partial charge in [0.2, 0.25) is 0 Å². The first-order valence-electron chi connectivity index (χ1n) is 7.58. The lowest BCUT2D eigenvalue weighted by Crippen LogP contribution is -2.37. The van der Waals surface area contributed by atoms with Crippen LogP contribution in [0, 0.1) is 0 Å². The normalized spacial score (nSPS) is 16.0. The highest BCUT2D eigenvalue weighted by Gasteiger charge is 2.28. The molecule has 0 aliphatic heterocycles. The predicted molar refractivity (Wildman–Crippen MR) is 82.5 cm³/mol. The summed E-state index contributed by atoms with van der Waals surface area (Å²) in [5, 5.41) is 3.31. The fraction of sp³-hybridized carbons (Fsp3) is 0.733. The minimum absolute atomic E-state index is 0.307. The summed E-state index contributed by atoms with van der Waals surface area (Å²) >= 11 is 0. The molecular weight excluding hydrogens is 252 g/mol. The van der Waals surface area contributed by atoms with Gasteiger partial charge in [0.15, 0.2) is 0 Å². The van der Waals surface area contributed by atoms with Crippen LogP contribution in [0.3, 0.4) is 0 Å². The smallest absolute Gasteiger partial charge is 0.136 e. The molecule has 1 N–H and O–H groups in total. The number of likely N-dealkylation sites (N-methyl/N-ethyl adjacent to an activating group) is 1. The lowest BCUT2D eigenvalue weighted by atomic mass is 10.2. The summed E-state index contributed by atoms with van der Waals surface area (Å²) in [5.41, 5.74) is 0. The fourth-order valence-electron chi connectivity index (χ4n) is 2.43. The Morgan fingerprint density at radius 1 is 1.40 bits per heavy atom. The SMILES string of the molecule is CCNc1cc(N(CC)C(C)COC)nc(C2CC2)n1. The fourth-order valence-corrected chi connectivity index (χ4v) is 2.43. The van der Waals surface area contributed by atoms with Crippen molar-refractivity contribution >= 4 is 11.6 Å². The van der Waals surface area contributed by atoms with E-state index in [1.54, 1.807) is 7.11 Å². The first kappa shape index (κ1) is 15.0. The molecule has 0 bridgehead atoms. The van der Waals surface area contributed by atoms with E-state index in [1.165, 1.54) is 12.8 Å². The van der Waals surface area contributed by atoms with Crippen LogP contribution in [0.2, 0.25) is 0 Å². The number of nitrogens with zero attached hydrogens (tertiary/aromatic N) is 3. The van der Waals surface area contributed by atoms with Gasteiger partial charge in [-0.3, -0.25) is 0 Å². The zero-order valence-electron chi connectivity index (χ0n) is 13.0. The van der Waals surface area contributed by atoms with Crippen LogP contribution in [0.1, 0.15) is 45.4 Å². The van der Waals surface area contributed by atoms with Crippen molar-refractivity contribution in [3.8, 4) is 0 Å². The summed E-state index contributed by atoms with van der Waals surface area (Å²) in [6.07, 6.45) is 2.43. The Morgan fingerprint density at radius 3 is 2.70 bits per heavy atom. The molecule has 1 atom stereocenters. The Hall–Kier alpha value is -1.36. The van der Waals surface area contributed by atoms with Gasteiger partial charge < -0.3 is 15.0 Å². The van der Waals surface area contributed by atoms with E-state index in [1.807, 2.05) is 6.07 Å². The molecule has 1 heterocycles. The minimum atomic E-state index is 0.307. The molecule has 1 aromatic heterocycles. The largest absolute Gasteiger partial charge is 0.383 e. The van der Waals surface area contributed by atoms with Crippen LogP contribution in [0.25, 0.3) is 0 Å². The number of anilines is 2. The maximum Gasteiger partial charge on any atom is 0.136 e. The Kier molecular flexibility index (Phi) is 5.17. The summed E-state index contributed by atoms with van der Waals surface area (Å²) in [6, 6.07) is 2.35. The van der Waals surface area contributed by atoms with Crippen LogP contribution in [-0.4, -0.2) is 42.8 Å². The van der Waals surface area contributed by atoms with E-state index in [9.17, 15) is 0 Å². The molecule has 112 valence electrons. The molecule has 1 aliphatic carbocycles. The zero-order valence-corrected chi connectivity index (χ0v) is 13.0. The van der Waals surface area contributed by atoms with Gasteiger partial charge >= 0.3 is 0 Å². The summed E-state index contributed by atoms with van der Waals surface area (Å²) in [7, 11) is 1.74. The maximum atomic E-state index is 5.27. The van der Waals surface area contributed by atoms with Gasteiger partial charge in [0.25, 0.3) is 0 Å². The van der Waals surface area contributed by atoms with Crippen LogP contribution in [-0.2, 0) is 4.74 Å². The van der Waals surface area contributed by atoms with Crippen molar-refractivity contribution < 1.29 is 4.74 Å². The molecule has 0 saturated heterocycles. The molecular formula is C15H26N4O. The van der Waals surface area contributed by atoms with E-state index in [4.69, 9.17) is 9.72 Å². The lowest BCUT2D eigenvalue weighted by Gasteiger charge is -2.29. The van der Waals surface area contributed by atoms with Crippen LogP contribution in [0.5, 0.6) is 0 Å². The Labute approximate surface area is 121 Å². The molecule has 0 amide bonds. The van der Waals surface area contributed by atoms with Crippen molar-refractivity contribution in [2.24, 2.45) is 0 Å². The Bertz CT molecular complexity index is 434. The van der Waals surface area contributed by atoms with Crippen molar-refractivity contribution in [3.63, 3.8) is 0 Å². The number of ether oxygens (including phenoxy) is 1.